The molecule has 0 atom stereocenters. The number of nitrogens with one attached hydrogen (secondary N) is 2. The summed E-state index contributed by atoms with van der Waals surface area (Å²) in [6.45, 7) is 0. The summed E-state index contributed by atoms with van der Waals surface area (Å²) in [6, 6.07) is 29.0. The quantitative estimate of drug-likeness (QED) is 0.169. The number of aromatic nitrogens is 4. The number of hydrogen-bond acceptors (Lipinski definition) is 8. The Hall–Kier alpha value is -4.99. The van der Waals surface area contributed by atoms with Gasteiger partial charge in [0.15, 0.2) is 10.9 Å². The summed E-state index contributed by atoms with van der Waals surface area (Å²) < 4.78 is 2.22. The second kappa shape index (κ2) is 9.54. The van der Waals surface area contributed by atoms with E-state index in [0.717, 1.165) is 69.6 Å². The van der Waals surface area contributed by atoms with Gasteiger partial charge in [0.2, 0.25) is 5.88 Å². The molecule has 0 amide bonds. The Kier molecular flexibility index (Phi) is 5.63. The van der Waals surface area contributed by atoms with Crippen LogP contribution in [0, 0.1) is 0 Å². The molecule has 0 saturated heterocycles. The van der Waals surface area contributed by atoms with Gasteiger partial charge >= 0.3 is 0 Å². The molecule has 0 radical (unpaired) electrons. The second-order valence-corrected chi connectivity index (χ2v) is 11.7. The van der Waals surface area contributed by atoms with Crippen LogP contribution in [-0.4, -0.2) is 24.6 Å². The molecule has 0 bridgehead atoms. The first-order valence-electron chi connectivity index (χ1n) is 13.9. The van der Waals surface area contributed by atoms with E-state index in [4.69, 9.17) is 15.7 Å². The standard InChI is InChI=1S/C33H27N7OS/c34-33(16-4-17-33)22-12-8-21(9-13-22)29-28(20-10-14-23(15-11-20)36-32-38-27(41)19-42-32)39-31-24-5-1-2-6-25(24)37-30-26(40(29)31)7-3-18-35-30/h1-3,5-15,18-19,41H,4,16-17,34H2,(H,35,37)(H,36,38). The Labute approximate surface area is 246 Å². The van der Waals surface area contributed by atoms with Gasteiger partial charge in [-0.25, -0.2) is 9.97 Å². The summed E-state index contributed by atoms with van der Waals surface area (Å²) >= 11 is 1.35. The number of para-hydroxylation sites is 1. The van der Waals surface area contributed by atoms with Gasteiger partial charge in [-0.2, -0.15) is 4.98 Å². The maximum Gasteiger partial charge on any atom is 0.223 e. The minimum absolute atomic E-state index is 0.0108. The molecule has 42 heavy (non-hydrogen) atoms. The first-order valence-corrected chi connectivity index (χ1v) is 14.8. The molecule has 9 heteroatoms. The first-order chi connectivity index (χ1) is 20.6. The molecule has 0 spiro atoms. The Morgan fingerprint density at radius 2 is 1.69 bits per heavy atom. The second-order valence-electron chi connectivity index (χ2n) is 10.8. The van der Waals surface area contributed by atoms with Crippen molar-refractivity contribution in [2.24, 2.45) is 5.73 Å². The van der Waals surface area contributed by atoms with Crippen LogP contribution in [0.5, 0.6) is 5.88 Å². The fourth-order valence-electron chi connectivity index (χ4n) is 5.86. The molecule has 206 valence electrons. The number of fused-ring (bicyclic) bond motifs is 5. The number of rotatable bonds is 5. The minimum Gasteiger partial charge on any atom is -0.493 e. The highest BCUT2D eigenvalue weighted by molar-refractivity contribution is 7.13. The molecule has 6 aromatic rings. The fourth-order valence-corrected chi connectivity index (χ4v) is 6.45. The van der Waals surface area contributed by atoms with E-state index in [1.165, 1.54) is 23.3 Å². The summed E-state index contributed by atoms with van der Waals surface area (Å²) in [7, 11) is 0. The van der Waals surface area contributed by atoms with E-state index >= 15 is 0 Å². The molecule has 1 aliphatic heterocycles. The van der Waals surface area contributed by atoms with Crippen molar-refractivity contribution < 1.29 is 5.11 Å². The van der Waals surface area contributed by atoms with Crippen molar-refractivity contribution in [2.75, 3.05) is 10.6 Å². The van der Waals surface area contributed by atoms with Gasteiger partial charge in [0, 0.05) is 34.1 Å². The van der Waals surface area contributed by atoms with Gasteiger partial charge in [-0.3, -0.25) is 4.57 Å². The SMILES string of the molecule is NC1(c2ccc(-c3c(-c4ccc(Nc5nc(O)cs5)cc4)nc4n3-c3cccnc3Nc3ccccc3-4)cc2)CCC1. The summed E-state index contributed by atoms with van der Waals surface area (Å²) in [4.78, 5) is 14.1. The van der Waals surface area contributed by atoms with Crippen LogP contribution in [-0.2, 0) is 5.54 Å². The number of nitrogens with two attached hydrogens (primary N) is 1. The van der Waals surface area contributed by atoms with Gasteiger partial charge in [-0.1, -0.05) is 48.5 Å². The lowest BCUT2D eigenvalue weighted by molar-refractivity contribution is 0.253. The number of pyridine rings is 1. The van der Waals surface area contributed by atoms with E-state index < -0.39 is 0 Å². The number of benzene rings is 3. The van der Waals surface area contributed by atoms with Crippen molar-refractivity contribution in [3.05, 3.63) is 102 Å². The summed E-state index contributed by atoms with van der Waals surface area (Å²) in [5.41, 5.74) is 15.2. The smallest absolute Gasteiger partial charge is 0.223 e. The highest BCUT2D eigenvalue weighted by Crippen LogP contribution is 2.45. The number of hydrogen-bond donors (Lipinski definition) is 4. The number of nitrogens with zero attached hydrogens (tertiary/aromatic N) is 4. The topological polar surface area (TPSA) is 114 Å². The lowest BCUT2D eigenvalue weighted by atomic mass is 9.72. The molecule has 8 rings (SSSR count). The largest absolute Gasteiger partial charge is 0.493 e. The van der Waals surface area contributed by atoms with E-state index in [-0.39, 0.29) is 11.4 Å². The lowest BCUT2D eigenvalue weighted by Crippen LogP contribution is -2.43. The van der Waals surface area contributed by atoms with Crippen LogP contribution in [0.3, 0.4) is 0 Å². The predicted octanol–water partition coefficient (Wildman–Crippen LogP) is 7.57. The van der Waals surface area contributed by atoms with Crippen LogP contribution >= 0.6 is 11.3 Å². The Morgan fingerprint density at radius 1 is 0.905 bits per heavy atom. The van der Waals surface area contributed by atoms with Crippen LogP contribution in [0.1, 0.15) is 24.8 Å². The molecule has 1 fully saturated rings. The van der Waals surface area contributed by atoms with Crippen molar-refractivity contribution in [2.45, 2.75) is 24.8 Å². The monoisotopic (exact) mass is 569 g/mol. The van der Waals surface area contributed by atoms with E-state index in [2.05, 4.69) is 74.8 Å². The van der Waals surface area contributed by atoms with Crippen LogP contribution in [0.4, 0.5) is 22.3 Å². The van der Waals surface area contributed by atoms with E-state index in [1.54, 1.807) is 11.6 Å². The van der Waals surface area contributed by atoms with Crippen molar-refractivity contribution >= 4 is 33.7 Å². The minimum atomic E-state index is -0.230. The molecule has 8 nitrogen and oxygen atoms in total. The van der Waals surface area contributed by atoms with Crippen molar-refractivity contribution in [1.29, 1.82) is 0 Å². The number of anilines is 4. The number of imidazole rings is 1. The molecule has 3 aromatic heterocycles. The maximum atomic E-state index is 9.61. The van der Waals surface area contributed by atoms with Crippen molar-refractivity contribution in [3.8, 4) is 45.5 Å². The van der Waals surface area contributed by atoms with Gasteiger partial charge in [-0.15, -0.1) is 11.3 Å². The Balaban J connectivity index is 1.32. The van der Waals surface area contributed by atoms with Crippen molar-refractivity contribution in [1.82, 2.24) is 19.5 Å². The fraction of sp³-hybridized carbons (Fsp3) is 0.121. The van der Waals surface area contributed by atoms with E-state index in [0.29, 0.717) is 5.13 Å². The molecule has 4 heterocycles. The van der Waals surface area contributed by atoms with Crippen molar-refractivity contribution in [3.63, 3.8) is 0 Å². The van der Waals surface area contributed by atoms with Gasteiger partial charge in [0.1, 0.15) is 5.82 Å². The van der Waals surface area contributed by atoms with Gasteiger partial charge in [0.25, 0.3) is 0 Å². The van der Waals surface area contributed by atoms with Gasteiger partial charge in [0.05, 0.1) is 28.1 Å². The van der Waals surface area contributed by atoms with E-state index in [9.17, 15) is 5.11 Å². The molecule has 1 saturated carbocycles. The number of thiazole rings is 1. The summed E-state index contributed by atoms with van der Waals surface area (Å²) in [5, 5.41) is 18.6. The number of aromatic hydroxyl groups is 1. The highest BCUT2D eigenvalue weighted by atomic mass is 32.1. The molecular weight excluding hydrogens is 542 g/mol. The average molecular weight is 570 g/mol. The zero-order valence-electron chi connectivity index (χ0n) is 22.6. The van der Waals surface area contributed by atoms with Crippen LogP contribution < -0.4 is 16.4 Å². The van der Waals surface area contributed by atoms with E-state index in [1.807, 2.05) is 30.3 Å². The third-order valence-corrected chi connectivity index (χ3v) is 8.95. The molecule has 1 aliphatic carbocycles. The first kappa shape index (κ1) is 24.8. The highest BCUT2D eigenvalue weighted by Gasteiger charge is 2.34. The predicted molar refractivity (Wildman–Crippen MR) is 168 cm³/mol. The van der Waals surface area contributed by atoms with Crippen LogP contribution in [0.25, 0.3) is 39.6 Å². The molecule has 5 N–H and O–H groups in total. The third-order valence-electron chi connectivity index (χ3n) is 8.21. The Morgan fingerprint density at radius 3 is 2.43 bits per heavy atom. The molecule has 0 unspecified atom stereocenters. The average Bonchev–Trinajstić information content (AvgIpc) is 3.57. The third kappa shape index (κ3) is 4.05. The lowest BCUT2D eigenvalue weighted by Gasteiger charge is -2.38. The normalized spacial score (nSPS) is 14.5. The molecular formula is C33H27N7OS. The Bertz CT molecular complexity index is 1940. The zero-order valence-corrected chi connectivity index (χ0v) is 23.4. The van der Waals surface area contributed by atoms with Gasteiger partial charge in [-0.05, 0) is 61.2 Å². The molecule has 3 aromatic carbocycles. The van der Waals surface area contributed by atoms with Gasteiger partial charge < -0.3 is 21.5 Å². The summed E-state index contributed by atoms with van der Waals surface area (Å²) in [6.07, 6.45) is 5.01. The van der Waals surface area contributed by atoms with Crippen LogP contribution in [0.2, 0.25) is 0 Å². The summed E-state index contributed by atoms with van der Waals surface area (Å²) in [5.74, 6) is 1.62. The maximum absolute atomic E-state index is 9.61. The zero-order chi connectivity index (χ0) is 28.3. The van der Waals surface area contributed by atoms with Crippen LogP contribution in [0.15, 0.2) is 96.5 Å². The molecule has 2 aliphatic rings.